The van der Waals surface area contributed by atoms with Gasteiger partial charge in [-0.2, -0.15) is 0 Å². The summed E-state index contributed by atoms with van der Waals surface area (Å²) >= 11 is 0. The molecule has 1 aliphatic rings. The van der Waals surface area contributed by atoms with Crippen LogP contribution < -0.4 is 0 Å². The predicted octanol–water partition coefficient (Wildman–Crippen LogP) is 3.82. The van der Waals surface area contributed by atoms with Crippen molar-refractivity contribution in [3.8, 4) is 11.5 Å². The summed E-state index contributed by atoms with van der Waals surface area (Å²) < 4.78 is 5.45. The van der Waals surface area contributed by atoms with E-state index in [1.54, 1.807) is 36.3 Å². The summed E-state index contributed by atoms with van der Waals surface area (Å²) in [6.07, 6.45) is 2.81. The highest BCUT2D eigenvalue weighted by Gasteiger charge is 2.39. The number of fused-ring (bicyclic) bond motifs is 1. The molecule has 0 spiro atoms. The molecule has 3 aromatic rings. The molecule has 1 unspecified atom stereocenters. The number of carbonyl (C=O) groups is 2. The van der Waals surface area contributed by atoms with Gasteiger partial charge in [0.15, 0.2) is 5.76 Å². The van der Waals surface area contributed by atoms with E-state index in [0.29, 0.717) is 41.9 Å². The molecular weight excluding hydrogens is 344 g/mol. The standard InChI is InChI=1S/C21H20N2O4/c1-21(20(25)26)9-5-10-23(13-21)19(24)15-12-17(18-8-4-11-27-18)22-16-7-3-2-6-14(15)16/h2-4,6-8,11-12H,5,9-10,13H2,1H3,(H,25,26). The number of amides is 1. The first-order valence-electron chi connectivity index (χ1n) is 8.94. The summed E-state index contributed by atoms with van der Waals surface area (Å²) in [5, 5.41) is 10.3. The van der Waals surface area contributed by atoms with Gasteiger partial charge in [0, 0.05) is 18.5 Å². The quantitative estimate of drug-likeness (QED) is 0.764. The van der Waals surface area contributed by atoms with Gasteiger partial charge in [0.05, 0.1) is 22.8 Å². The van der Waals surface area contributed by atoms with Gasteiger partial charge in [0.2, 0.25) is 0 Å². The summed E-state index contributed by atoms with van der Waals surface area (Å²) in [6.45, 7) is 2.45. The van der Waals surface area contributed by atoms with Gasteiger partial charge in [-0.25, -0.2) is 4.98 Å². The lowest BCUT2D eigenvalue weighted by Gasteiger charge is -2.37. The number of aliphatic carboxylic acids is 1. The minimum Gasteiger partial charge on any atom is -0.481 e. The second kappa shape index (κ2) is 6.54. The number of carboxylic acids is 1. The molecule has 0 saturated carbocycles. The van der Waals surface area contributed by atoms with E-state index in [2.05, 4.69) is 4.98 Å². The second-order valence-electron chi connectivity index (χ2n) is 7.25. The average molecular weight is 364 g/mol. The lowest BCUT2D eigenvalue weighted by molar-refractivity contribution is -0.150. The van der Waals surface area contributed by atoms with Gasteiger partial charge in [0.1, 0.15) is 5.69 Å². The summed E-state index contributed by atoms with van der Waals surface area (Å²) in [5.41, 5.74) is 0.884. The minimum atomic E-state index is -0.916. The van der Waals surface area contributed by atoms with Crippen molar-refractivity contribution in [3.63, 3.8) is 0 Å². The molecule has 1 aliphatic heterocycles. The Morgan fingerprint density at radius 3 is 2.78 bits per heavy atom. The molecule has 1 amide bonds. The van der Waals surface area contributed by atoms with Crippen molar-refractivity contribution >= 4 is 22.8 Å². The van der Waals surface area contributed by atoms with Crippen LogP contribution in [0.1, 0.15) is 30.1 Å². The van der Waals surface area contributed by atoms with E-state index in [-0.39, 0.29) is 12.5 Å². The maximum absolute atomic E-state index is 13.3. The SMILES string of the molecule is CC1(C(=O)O)CCCN(C(=O)c2cc(-c3ccco3)nc3ccccc23)C1. The van der Waals surface area contributed by atoms with Crippen molar-refractivity contribution in [2.24, 2.45) is 5.41 Å². The number of pyridine rings is 1. The van der Waals surface area contributed by atoms with Crippen molar-refractivity contribution in [2.45, 2.75) is 19.8 Å². The molecule has 1 saturated heterocycles. The number of nitrogens with zero attached hydrogens (tertiary/aromatic N) is 2. The maximum atomic E-state index is 13.3. The van der Waals surface area contributed by atoms with Crippen LogP contribution in [0, 0.1) is 5.41 Å². The van der Waals surface area contributed by atoms with Crippen LogP contribution in [-0.2, 0) is 4.79 Å². The molecule has 138 valence electrons. The monoisotopic (exact) mass is 364 g/mol. The zero-order chi connectivity index (χ0) is 19.0. The van der Waals surface area contributed by atoms with Gasteiger partial charge in [-0.1, -0.05) is 18.2 Å². The Kier molecular flexibility index (Phi) is 4.18. The number of hydrogen-bond donors (Lipinski definition) is 1. The van der Waals surface area contributed by atoms with Gasteiger partial charge in [-0.15, -0.1) is 0 Å². The number of carbonyl (C=O) groups excluding carboxylic acids is 1. The number of carboxylic acid groups (broad SMARTS) is 1. The summed E-state index contributed by atoms with van der Waals surface area (Å²) in [7, 11) is 0. The third-order valence-corrected chi connectivity index (χ3v) is 5.22. The molecule has 1 atom stereocenters. The molecule has 27 heavy (non-hydrogen) atoms. The number of para-hydroxylation sites is 1. The number of benzene rings is 1. The molecule has 6 nitrogen and oxygen atoms in total. The fraction of sp³-hybridized carbons (Fsp3) is 0.286. The highest BCUT2D eigenvalue weighted by Crippen LogP contribution is 2.32. The van der Waals surface area contributed by atoms with E-state index in [4.69, 9.17) is 4.42 Å². The Morgan fingerprint density at radius 2 is 2.04 bits per heavy atom. The molecule has 1 fully saturated rings. The average Bonchev–Trinajstić information content (AvgIpc) is 3.21. The molecule has 0 aliphatic carbocycles. The van der Waals surface area contributed by atoms with Crippen molar-refractivity contribution in [1.29, 1.82) is 0 Å². The van der Waals surface area contributed by atoms with E-state index in [0.717, 1.165) is 5.39 Å². The first kappa shape index (κ1) is 17.3. The Morgan fingerprint density at radius 1 is 1.22 bits per heavy atom. The van der Waals surface area contributed by atoms with Crippen molar-refractivity contribution in [3.05, 3.63) is 54.3 Å². The second-order valence-corrected chi connectivity index (χ2v) is 7.25. The summed E-state index contributed by atoms with van der Waals surface area (Å²) in [6, 6.07) is 12.8. The zero-order valence-electron chi connectivity index (χ0n) is 15.0. The number of aromatic nitrogens is 1. The minimum absolute atomic E-state index is 0.173. The maximum Gasteiger partial charge on any atom is 0.311 e. The van der Waals surface area contributed by atoms with E-state index < -0.39 is 11.4 Å². The third-order valence-electron chi connectivity index (χ3n) is 5.22. The molecule has 4 rings (SSSR count). The van der Waals surface area contributed by atoms with Crippen LogP contribution in [0.25, 0.3) is 22.4 Å². The van der Waals surface area contributed by atoms with E-state index in [9.17, 15) is 14.7 Å². The molecule has 6 heteroatoms. The van der Waals surface area contributed by atoms with Gasteiger partial charge < -0.3 is 14.4 Å². The highest BCUT2D eigenvalue weighted by atomic mass is 16.4. The van der Waals surface area contributed by atoms with Crippen LogP contribution in [0.3, 0.4) is 0 Å². The van der Waals surface area contributed by atoms with Crippen molar-refractivity contribution < 1.29 is 19.1 Å². The van der Waals surface area contributed by atoms with Crippen molar-refractivity contribution in [2.75, 3.05) is 13.1 Å². The molecule has 1 N–H and O–H groups in total. The summed E-state index contributed by atoms with van der Waals surface area (Å²) in [4.78, 5) is 31.2. The van der Waals surface area contributed by atoms with Gasteiger partial charge in [-0.3, -0.25) is 9.59 Å². The van der Waals surface area contributed by atoms with Gasteiger partial charge >= 0.3 is 5.97 Å². The van der Waals surface area contributed by atoms with Crippen molar-refractivity contribution in [1.82, 2.24) is 9.88 Å². The lowest BCUT2D eigenvalue weighted by atomic mass is 9.82. The molecule has 0 bridgehead atoms. The van der Waals surface area contributed by atoms with Crippen LogP contribution in [0.2, 0.25) is 0 Å². The number of piperidine rings is 1. The fourth-order valence-electron chi connectivity index (χ4n) is 3.66. The lowest BCUT2D eigenvalue weighted by Crippen LogP contribution is -2.48. The first-order valence-corrected chi connectivity index (χ1v) is 8.94. The Labute approximate surface area is 156 Å². The normalized spacial score (nSPS) is 20.0. The molecule has 2 aromatic heterocycles. The van der Waals surface area contributed by atoms with E-state index in [1.165, 1.54) is 0 Å². The predicted molar refractivity (Wildman–Crippen MR) is 100 cm³/mol. The van der Waals surface area contributed by atoms with Crippen LogP contribution in [0.4, 0.5) is 0 Å². The molecule has 1 aromatic carbocycles. The van der Waals surface area contributed by atoms with Crippen LogP contribution in [0.15, 0.2) is 53.1 Å². The van der Waals surface area contributed by atoms with Gasteiger partial charge in [0.25, 0.3) is 5.91 Å². The number of rotatable bonds is 3. The largest absolute Gasteiger partial charge is 0.481 e. The van der Waals surface area contributed by atoms with Crippen LogP contribution in [0.5, 0.6) is 0 Å². The topological polar surface area (TPSA) is 83.6 Å². The third kappa shape index (κ3) is 3.07. The smallest absolute Gasteiger partial charge is 0.311 e. The van der Waals surface area contributed by atoms with Crippen LogP contribution >= 0.6 is 0 Å². The molecular formula is C21H20N2O4. The first-order chi connectivity index (χ1) is 13.0. The number of furan rings is 1. The molecule has 0 radical (unpaired) electrons. The van der Waals surface area contributed by atoms with E-state index >= 15 is 0 Å². The number of likely N-dealkylation sites (tertiary alicyclic amines) is 1. The summed E-state index contributed by atoms with van der Waals surface area (Å²) in [5.74, 6) is -0.451. The van der Waals surface area contributed by atoms with Crippen LogP contribution in [-0.4, -0.2) is 40.0 Å². The Balaban J connectivity index is 1.78. The highest BCUT2D eigenvalue weighted by molar-refractivity contribution is 6.07. The Hall–Kier alpha value is -3.15. The Bertz CT molecular complexity index is 1010. The fourth-order valence-corrected chi connectivity index (χ4v) is 3.66. The zero-order valence-corrected chi connectivity index (χ0v) is 15.0. The van der Waals surface area contributed by atoms with Gasteiger partial charge in [-0.05, 0) is 44.0 Å². The molecule has 3 heterocycles. The number of hydrogen-bond acceptors (Lipinski definition) is 4. The van der Waals surface area contributed by atoms with E-state index in [1.807, 2.05) is 24.3 Å².